The van der Waals surface area contributed by atoms with Crippen molar-refractivity contribution in [3.05, 3.63) is 35.2 Å². The molecule has 1 unspecified atom stereocenters. The lowest BCUT2D eigenvalue weighted by molar-refractivity contribution is -0.138. The summed E-state index contributed by atoms with van der Waals surface area (Å²) < 4.78 is 1.22. The van der Waals surface area contributed by atoms with Crippen LogP contribution in [0.2, 0.25) is 0 Å². The first kappa shape index (κ1) is 17.9. The van der Waals surface area contributed by atoms with Crippen molar-refractivity contribution in [2.45, 2.75) is 31.7 Å². The third-order valence-electron chi connectivity index (χ3n) is 4.96. The van der Waals surface area contributed by atoms with Crippen molar-refractivity contribution in [3.8, 4) is 0 Å². The Morgan fingerprint density at radius 1 is 1.28 bits per heavy atom. The second-order valence-corrected chi connectivity index (χ2v) is 7.62. The van der Waals surface area contributed by atoms with Crippen LogP contribution in [0.3, 0.4) is 0 Å². The molecule has 0 saturated carbocycles. The first-order valence-electron chi connectivity index (χ1n) is 8.69. The maximum absolute atomic E-state index is 12.7. The van der Waals surface area contributed by atoms with Crippen LogP contribution in [0.15, 0.2) is 29.6 Å². The fourth-order valence-electron chi connectivity index (χ4n) is 3.56. The Kier molecular flexibility index (Phi) is 5.71. The van der Waals surface area contributed by atoms with E-state index in [0.29, 0.717) is 13.0 Å². The number of fused-ring (bicyclic) bond motifs is 1. The summed E-state index contributed by atoms with van der Waals surface area (Å²) in [6.07, 6.45) is 3.14. The molecule has 6 heteroatoms. The number of rotatable bonds is 5. The molecule has 25 heavy (non-hydrogen) atoms. The van der Waals surface area contributed by atoms with Crippen molar-refractivity contribution in [2.24, 2.45) is 0 Å². The summed E-state index contributed by atoms with van der Waals surface area (Å²) in [7, 11) is 1.85. The van der Waals surface area contributed by atoms with E-state index in [1.807, 2.05) is 29.0 Å². The molecule has 1 N–H and O–H groups in total. The van der Waals surface area contributed by atoms with Crippen LogP contribution in [0.1, 0.15) is 24.8 Å². The minimum Gasteiger partial charge on any atom is -0.480 e. The minimum atomic E-state index is -0.802. The number of likely N-dealkylation sites (N-methyl/N-ethyl adjacent to an activating group) is 1. The largest absolute Gasteiger partial charge is 0.480 e. The zero-order valence-electron chi connectivity index (χ0n) is 14.5. The maximum Gasteiger partial charge on any atom is 0.317 e. The van der Waals surface area contributed by atoms with Crippen LogP contribution in [-0.2, 0) is 16.0 Å². The van der Waals surface area contributed by atoms with E-state index < -0.39 is 5.97 Å². The molecule has 2 aromatic rings. The van der Waals surface area contributed by atoms with Crippen molar-refractivity contribution >= 4 is 33.3 Å². The Bertz CT molecular complexity index is 758. The molecule has 1 saturated heterocycles. The van der Waals surface area contributed by atoms with E-state index in [2.05, 4.69) is 17.5 Å². The summed E-state index contributed by atoms with van der Waals surface area (Å²) >= 11 is 1.68. The smallest absolute Gasteiger partial charge is 0.317 e. The van der Waals surface area contributed by atoms with Crippen LogP contribution >= 0.6 is 11.3 Å². The highest BCUT2D eigenvalue weighted by molar-refractivity contribution is 7.17. The van der Waals surface area contributed by atoms with Crippen molar-refractivity contribution in [2.75, 3.05) is 26.7 Å². The predicted molar refractivity (Wildman–Crippen MR) is 100 cm³/mol. The average molecular weight is 360 g/mol. The van der Waals surface area contributed by atoms with Crippen LogP contribution in [0.4, 0.5) is 0 Å². The third-order valence-corrected chi connectivity index (χ3v) is 5.97. The third kappa shape index (κ3) is 4.38. The monoisotopic (exact) mass is 360 g/mol. The maximum atomic E-state index is 12.7. The highest BCUT2D eigenvalue weighted by atomic mass is 32.1. The summed E-state index contributed by atoms with van der Waals surface area (Å²) in [5.41, 5.74) is 1.11. The molecule has 1 atom stereocenters. The molecule has 0 aliphatic carbocycles. The van der Waals surface area contributed by atoms with E-state index in [1.54, 1.807) is 11.3 Å². The zero-order valence-corrected chi connectivity index (χ0v) is 15.3. The number of aliphatic carboxylic acids is 1. The van der Waals surface area contributed by atoms with E-state index >= 15 is 0 Å². The van der Waals surface area contributed by atoms with Crippen molar-refractivity contribution in [1.29, 1.82) is 0 Å². The number of likely N-dealkylation sites (tertiary alicyclic amines) is 1. The van der Waals surface area contributed by atoms with Gasteiger partial charge in [0, 0.05) is 23.8 Å². The topological polar surface area (TPSA) is 60.9 Å². The number of carboxylic acids is 1. The molecular weight excluding hydrogens is 336 g/mol. The molecule has 1 aliphatic heterocycles. The fourth-order valence-corrected chi connectivity index (χ4v) is 4.52. The highest BCUT2D eigenvalue weighted by Gasteiger charge is 2.24. The van der Waals surface area contributed by atoms with Crippen LogP contribution in [-0.4, -0.2) is 59.5 Å². The quantitative estimate of drug-likeness (QED) is 0.891. The average Bonchev–Trinajstić information content (AvgIpc) is 2.81. The minimum absolute atomic E-state index is 0.0551. The molecule has 1 aliphatic rings. The summed E-state index contributed by atoms with van der Waals surface area (Å²) in [5, 5.41) is 12.2. The van der Waals surface area contributed by atoms with Crippen LogP contribution in [0.5, 0.6) is 0 Å². The number of amides is 1. The molecule has 0 bridgehead atoms. The number of nitrogens with zero attached hydrogens (tertiary/aromatic N) is 2. The Labute approximate surface area is 151 Å². The van der Waals surface area contributed by atoms with E-state index in [-0.39, 0.29) is 18.5 Å². The van der Waals surface area contributed by atoms with Gasteiger partial charge in [-0.1, -0.05) is 18.2 Å². The summed E-state index contributed by atoms with van der Waals surface area (Å²) in [6.45, 7) is 1.52. The van der Waals surface area contributed by atoms with Crippen molar-refractivity contribution in [1.82, 2.24) is 9.80 Å². The van der Waals surface area contributed by atoms with Crippen molar-refractivity contribution in [3.63, 3.8) is 0 Å². The van der Waals surface area contributed by atoms with Gasteiger partial charge in [-0.05, 0) is 48.7 Å². The Morgan fingerprint density at radius 3 is 2.88 bits per heavy atom. The zero-order chi connectivity index (χ0) is 17.8. The number of benzene rings is 1. The molecule has 2 heterocycles. The lowest BCUT2D eigenvalue weighted by Gasteiger charge is -2.25. The van der Waals surface area contributed by atoms with Gasteiger partial charge in [-0.2, -0.15) is 0 Å². The molecule has 3 rings (SSSR count). The summed E-state index contributed by atoms with van der Waals surface area (Å²) in [5.74, 6) is -0.630. The lowest BCUT2D eigenvalue weighted by atomic mass is 10.1. The number of hydrogen-bond acceptors (Lipinski definition) is 4. The van der Waals surface area contributed by atoms with Gasteiger partial charge >= 0.3 is 5.97 Å². The van der Waals surface area contributed by atoms with Gasteiger partial charge in [0.25, 0.3) is 0 Å². The SMILES string of the molecule is CN(CC(=O)O)C1CCCN(C(=O)Cc2csc3ccccc23)CC1. The second kappa shape index (κ2) is 7.97. The van der Waals surface area contributed by atoms with Gasteiger partial charge in [-0.3, -0.25) is 14.5 Å². The Balaban J connectivity index is 1.60. The van der Waals surface area contributed by atoms with E-state index in [0.717, 1.165) is 31.4 Å². The first-order valence-corrected chi connectivity index (χ1v) is 9.57. The predicted octanol–water partition coefficient (Wildman–Crippen LogP) is 2.84. The van der Waals surface area contributed by atoms with Gasteiger partial charge in [-0.15, -0.1) is 11.3 Å². The van der Waals surface area contributed by atoms with Gasteiger partial charge in [0.15, 0.2) is 0 Å². The Hall–Kier alpha value is -1.92. The number of carbonyl (C=O) groups excluding carboxylic acids is 1. The standard InChI is InChI=1S/C19H24N2O3S/c1-20(12-19(23)24)15-5-4-9-21(10-8-15)18(22)11-14-13-25-17-7-3-2-6-16(14)17/h2-3,6-7,13,15H,4-5,8-12H2,1H3,(H,23,24). The molecule has 1 aromatic carbocycles. The fraction of sp³-hybridized carbons (Fsp3) is 0.474. The Morgan fingerprint density at radius 2 is 2.08 bits per heavy atom. The lowest BCUT2D eigenvalue weighted by Crippen LogP contribution is -2.37. The second-order valence-electron chi connectivity index (χ2n) is 6.71. The number of hydrogen-bond donors (Lipinski definition) is 1. The van der Waals surface area contributed by atoms with Crippen LogP contribution in [0, 0.1) is 0 Å². The van der Waals surface area contributed by atoms with E-state index in [4.69, 9.17) is 5.11 Å². The van der Waals surface area contributed by atoms with Gasteiger partial charge < -0.3 is 10.0 Å². The number of carboxylic acid groups (broad SMARTS) is 1. The van der Waals surface area contributed by atoms with Gasteiger partial charge in [0.05, 0.1) is 13.0 Å². The van der Waals surface area contributed by atoms with E-state index in [1.165, 1.54) is 10.1 Å². The summed E-state index contributed by atoms with van der Waals surface area (Å²) in [4.78, 5) is 27.5. The summed E-state index contributed by atoms with van der Waals surface area (Å²) in [6, 6.07) is 8.43. The normalized spacial score (nSPS) is 18.5. The van der Waals surface area contributed by atoms with Gasteiger partial charge in [0.1, 0.15) is 0 Å². The molecule has 5 nitrogen and oxygen atoms in total. The molecule has 1 aromatic heterocycles. The first-order chi connectivity index (χ1) is 12.0. The van der Waals surface area contributed by atoms with Crippen molar-refractivity contribution < 1.29 is 14.7 Å². The molecular formula is C19H24N2O3S. The number of carbonyl (C=O) groups is 2. The van der Waals surface area contributed by atoms with E-state index in [9.17, 15) is 9.59 Å². The van der Waals surface area contributed by atoms with Crippen LogP contribution in [0.25, 0.3) is 10.1 Å². The molecule has 1 amide bonds. The highest BCUT2D eigenvalue weighted by Crippen LogP contribution is 2.26. The molecule has 0 radical (unpaired) electrons. The molecule has 1 fully saturated rings. The van der Waals surface area contributed by atoms with Gasteiger partial charge in [0.2, 0.25) is 5.91 Å². The molecule has 0 spiro atoms. The van der Waals surface area contributed by atoms with Crippen LogP contribution < -0.4 is 0 Å². The number of thiophene rings is 1. The van der Waals surface area contributed by atoms with Gasteiger partial charge in [-0.25, -0.2) is 0 Å². The molecule has 134 valence electrons.